The van der Waals surface area contributed by atoms with Gasteiger partial charge in [0, 0.05) is 60.7 Å². The van der Waals surface area contributed by atoms with Gasteiger partial charge in [0.25, 0.3) is 5.91 Å². The Balaban J connectivity index is 1.50. The number of piperidine rings is 1. The molecule has 1 saturated heterocycles. The lowest BCUT2D eigenvalue weighted by Crippen LogP contribution is -2.39. The van der Waals surface area contributed by atoms with Crippen molar-refractivity contribution in [3.8, 4) is 11.1 Å². The lowest BCUT2D eigenvalue weighted by atomic mass is 9.89. The van der Waals surface area contributed by atoms with E-state index in [2.05, 4.69) is 47.2 Å². The van der Waals surface area contributed by atoms with Crippen LogP contribution in [0, 0.1) is 6.92 Å². The molecule has 0 saturated carbocycles. The highest BCUT2D eigenvalue weighted by atomic mass is 16.5. The van der Waals surface area contributed by atoms with E-state index in [9.17, 15) is 4.79 Å². The van der Waals surface area contributed by atoms with Crippen molar-refractivity contribution >= 4 is 16.8 Å². The molecular formula is C26H27N3O3. The molecule has 164 valence electrons. The fourth-order valence-corrected chi connectivity index (χ4v) is 4.79. The number of amides is 1. The van der Waals surface area contributed by atoms with Crippen LogP contribution >= 0.6 is 0 Å². The van der Waals surface area contributed by atoms with Gasteiger partial charge in [-0.1, -0.05) is 18.2 Å². The number of nitrogens with zero attached hydrogens (tertiary/aromatic N) is 2. The van der Waals surface area contributed by atoms with Gasteiger partial charge in [-0.15, -0.1) is 0 Å². The Morgan fingerprint density at radius 3 is 2.88 bits per heavy atom. The first-order chi connectivity index (χ1) is 15.7. The Morgan fingerprint density at radius 2 is 2.06 bits per heavy atom. The van der Waals surface area contributed by atoms with Crippen molar-refractivity contribution < 1.29 is 13.9 Å². The summed E-state index contributed by atoms with van der Waals surface area (Å²) in [5.41, 5.74) is 5.93. The molecule has 1 N–H and O–H groups in total. The number of aryl methyl sites for hydroxylation is 1. The maximum Gasteiger partial charge on any atom is 0.289 e. The molecule has 32 heavy (non-hydrogen) atoms. The average Bonchev–Trinajstić information content (AvgIpc) is 3.45. The van der Waals surface area contributed by atoms with Gasteiger partial charge in [-0.3, -0.25) is 9.78 Å². The number of furan rings is 1. The summed E-state index contributed by atoms with van der Waals surface area (Å²) in [6.45, 7) is 3.88. The molecule has 4 heterocycles. The number of likely N-dealkylation sites (tertiary alicyclic amines) is 1. The zero-order valence-corrected chi connectivity index (χ0v) is 18.4. The minimum Gasteiger partial charge on any atom is -0.453 e. The standard InChI is InChI=1S/C26H27N3O3/c1-17-5-3-7-21-23(18-10-12-27-13-11-18)25(28-24(17)21)19-6-4-14-29(15-19)26(30)22-9-8-20(32-22)16-31-2/h3,5,7-13,19,28H,4,6,14-16H2,1-2H3/t19-/m1/s1. The van der Waals surface area contributed by atoms with E-state index in [1.165, 1.54) is 22.2 Å². The molecule has 1 aliphatic rings. The van der Waals surface area contributed by atoms with E-state index < -0.39 is 0 Å². The fourth-order valence-electron chi connectivity index (χ4n) is 4.79. The lowest BCUT2D eigenvalue weighted by Gasteiger charge is -2.32. The van der Waals surface area contributed by atoms with E-state index >= 15 is 0 Å². The molecule has 1 amide bonds. The highest BCUT2D eigenvalue weighted by Crippen LogP contribution is 2.40. The van der Waals surface area contributed by atoms with Crippen LogP contribution in [0.1, 0.15) is 46.3 Å². The molecule has 5 rings (SSSR count). The monoisotopic (exact) mass is 429 g/mol. The molecule has 4 aromatic rings. The van der Waals surface area contributed by atoms with Crippen LogP contribution in [0.3, 0.4) is 0 Å². The number of nitrogens with one attached hydrogen (secondary N) is 1. The topological polar surface area (TPSA) is 71.4 Å². The van der Waals surface area contributed by atoms with Crippen LogP contribution in [0.25, 0.3) is 22.0 Å². The Hall–Kier alpha value is -3.38. The van der Waals surface area contributed by atoms with Gasteiger partial charge in [0.15, 0.2) is 5.76 Å². The van der Waals surface area contributed by atoms with Gasteiger partial charge in [0.2, 0.25) is 0 Å². The van der Waals surface area contributed by atoms with E-state index in [0.717, 1.165) is 30.5 Å². The van der Waals surface area contributed by atoms with Crippen LogP contribution in [0.4, 0.5) is 0 Å². The Kier molecular flexibility index (Phi) is 5.53. The van der Waals surface area contributed by atoms with E-state index in [1.54, 1.807) is 19.2 Å². The predicted octanol–water partition coefficient (Wildman–Crippen LogP) is 5.30. The number of ether oxygens (including phenoxy) is 1. The second kappa shape index (κ2) is 8.63. The molecule has 1 aliphatic heterocycles. The third kappa shape index (κ3) is 3.71. The molecule has 1 atom stereocenters. The summed E-state index contributed by atoms with van der Waals surface area (Å²) in [6, 6.07) is 14.1. The number of carbonyl (C=O) groups excluding carboxylic acids is 1. The largest absolute Gasteiger partial charge is 0.453 e. The second-order valence-corrected chi connectivity index (χ2v) is 8.44. The van der Waals surface area contributed by atoms with Gasteiger partial charge in [0.05, 0.1) is 0 Å². The minimum absolute atomic E-state index is 0.0604. The molecular weight excluding hydrogens is 402 g/mol. The van der Waals surface area contributed by atoms with Crippen molar-refractivity contribution in [2.75, 3.05) is 20.2 Å². The number of aromatic nitrogens is 2. The number of hydrogen-bond donors (Lipinski definition) is 1. The first-order valence-electron chi connectivity index (χ1n) is 11.0. The highest BCUT2D eigenvalue weighted by molar-refractivity contribution is 5.99. The summed E-state index contributed by atoms with van der Waals surface area (Å²) in [7, 11) is 1.61. The summed E-state index contributed by atoms with van der Waals surface area (Å²) >= 11 is 0. The molecule has 1 aromatic carbocycles. The van der Waals surface area contributed by atoms with Crippen LogP contribution in [0.2, 0.25) is 0 Å². The maximum atomic E-state index is 13.1. The quantitative estimate of drug-likeness (QED) is 0.467. The molecule has 6 heteroatoms. The molecule has 0 unspecified atom stereocenters. The van der Waals surface area contributed by atoms with Gasteiger partial charge in [-0.25, -0.2) is 0 Å². The third-order valence-corrected chi connectivity index (χ3v) is 6.32. The van der Waals surface area contributed by atoms with Crippen molar-refractivity contribution in [2.45, 2.75) is 32.3 Å². The number of rotatable bonds is 5. The Morgan fingerprint density at radius 1 is 1.22 bits per heavy atom. The van der Waals surface area contributed by atoms with Gasteiger partial charge in [-0.05, 0) is 55.2 Å². The molecule has 0 bridgehead atoms. The van der Waals surface area contributed by atoms with Gasteiger partial charge < -0.3 is 19.0 Å². The van der Waals surface area contributed by atoms with Crippen molar-refractivity contribution in [3.05, 3.63) is 77.6 Å². The van der Waals surface area contributed by atoms with Crippen LogP contribution in [0.15, 0.2) is 59.3 Å². The summed E-state index contributed by atoms with van der Waals surface area (Å²) in [4.78, 5) is 23.0. The molecule has 0 aliphatic carbocycles. The van der Waals surface area contributed by atoms with E-state index in [-0.39, 0.29) is 11.8 Å². The van der Waals surface area contributed by atoms with Gasteiger partial charge in [0.1, 0.15) is 12.4 Å². The molecule has 6 nitrogen and oxygen atoms in total. The van der Waals surface area contributed by atoms with Crippen LogP contribution in [-0.4, -0.2) is 41.0 Å². The van der Waals surface area contributed by atoms with Crippen LogP contribution in [0.5, 0.6) is 0 Å². The second-order valence-electron chi connectivity index (χ2n) is 8.44. The molecule has 0 spiro atoms. The minimum atomic E-state index is -0.0604. The number of benzene rings is 1. The number of pyridine rings is 1. The number of methoxy groups -OCH3 is 1. The first-order valence-corrected chi connectivity index (χ1v) is 11.0. The van der Waals surface area contributed by atoms with Crippen molar-refractivity contribution in [1.29, 1.82) is 0 Å². The zero-order chi connectivity index (χ0) is 22.1. The summed E-state index contributed by atoms with van der Waals surface area (Å²) in [5, 5.41) is 1.21. The normalized spacial score (nSPS) is 16.6. The highest BCUT2D eigenvalue weighted by Gasteiger charge is 2.30. The van der Waals surface area contributed by atoms with Gasteiger partial charge in [-0.2, -0.15) is 0 Å². The third-order valence-electron chi connectivity index (χ3n) is 6.32. The number of fused-ring (bicyclic) bond motifs is 1. The van der Waals surface area contributed by atoms with Gasteiger partial charge >= 0.3 is 0 Å². The molecule has 3 aromatic heterocycles. The smallest absolute Gasteiger partial charge is 0.289 e. The van der Waals surface area contributed by atoms with Crippen LogP contribution < -0.4 is 0 Å². The van der Waals surface area contributed by atoms with E-state index in [1.807, 2.05) is 17.3 Å². The number of hydrogen-bond acceptors (Lipinski definition) is 4. The first kappa shape index (κ1) is 20.5. The summed E-state index contributed by atoms with van der Waals surface area (Å²) in [6.07, 6.45) is 5.64. The lowest BCUT2D eigenvalue weighted by molar-refractivity contribution is 0.0666. The number of H-pyrrole nitrogens is 1. The van der Waals surface area contributed by atoms with Crippen LogP contribution in [-0.2, 0) is 11.3 Å². The number of para-hydroxylation sites is 1. The Bertz CT molecular complexity index is 1240. The SMILES string of the molecule is COCc1ccc(C(=O)N2CCC[C@@H](c3[nH]c4c(C)cccc4c3-c3ccncc3)C2)o1. The average molecular weight is 430 g/mol. The fraction of sp³-hybridized carbons (Fsp3) is 0.308. The number of carbonyl (C=O) groups is 1. The summed E-state index contributed by atoms with van der Waals surface area (Å²) < 4.78 is 10.8. The van der Waals surface area contributed by atoms with E-state index in [0.29, 0.717) is 24.7 Å². The summed E-state index contributed by atoms with van der Waals surface area (Å²) in [5.74, 6) is 1.20. The molecule has 1 fully saturated rings. The Labute approximate surface area is 187 Å². The van der Waals surface area contributed by atoms with Crippen molar-refractivity contribution in [1.82, 2.24) is 14.9 Å². The van der Waals surface area contributed by atoms with Crippen molar-refractivity contribution in [2.24, 2.45) is 0 Å². The molecule has 0 radical (unpaired) electrons. The zero-order valence-electron chi connectivity index (χ0n) is 18.4. The maximum absolute atomic E-state index is 13.1. The predicted molar refractivity (Wildman–Crippen MR) is 124 cm³/mol. The van der Waals surface area contributed by atoms with E-state index in [4.69, 9.17) is 9.15 Å². The number of aromatic amines is 1. The van der Waals surface area contributed by atoms with Crippen molar-refractivity contribution in [3.63, 3.8) is 0 Å².